The summed E-state index contributed by atoms with van der Waals surface area (Å²) in [6.07, 6.45) is 0.0866. The van der Waals surface area contributed by atoms with Gasteiger partial charge in [-0.1, -0.05) is 23.5 Å². The van der Waals surface area contributed by atoms with Gasteiger partial charge in [-0.05, 0) is 44.2 Å². The lowest BCUT2D eigenvalue weighted by Crippen LogP contribution is -2.48. The number of sulfonamides is 1. The van der Waals surface area contributed by atoms with Gasteiger partial charge in [0.05, 0.1) is 28.7 Å². The molecule has 158 valence electrons. The van der Waals surface area contributed by atoms with Gasteiger partial charge in [-0.2, -0.15) is 0 Å². The summed E-state index contributed by atoms with van der Waals surface area (Å²) in [6, 6.07) is 12.0. The van der Waals surface area contributed by atoms with Crippen molar-refractivity contribution in [2.75, 3.05) is 22.4 Å². The third-order valence-electron chi connectivity index (χ3n) is 4.82. The van der Waals surface area contributed by atoms with Gasteiger partial charge in [0, 0.05) is 11.7 Å². The number of aromatic nitrogens is 1. The maximum atomic E-state index is 12.8. The lowest BCUT2D eigenvalue weighted by Gasteiger charge is -2.33. The Morgan fingerprint density at radius 1 is 1.23 bits per heavy atom. The SMILES string of the molecule is CC(C)n1c(=O)sc2cc(NC(=O)C3CN(S(C)(=O)=O)c4ccccc4O3)ccc21. The minimum atomic E-state index is -3.58. The van der Waals surface area contributed by atoms with E-state index in [2.05, 4.69) is 5.32 Å². The third kappa shape index (κ3) is 3.68. The lowest BCUT2D eigenvalue weighted by molar-refractivity contribution is -0.122. The number of hydrogen-bond donors (Lipinski definition) is 1. The molecule has 0 saturated carbocycles. The molecule has 1 unspecified atom stereocenters. The number of anilines is 2. The van der Waals surface area contributed by atoms with Crippen molar-refractivity contribution in [2.24, 2.45) is 0 Å². The third-order valence-corrected chi connectivity index (χ3v) is 6.89. The van der Waals surface area contributed by atoms with Gasteiger partial charge in [0.15, 0.2) is 6.10 Å². The fraction of sp³-hybridized carbons (Fsp3) is 0.300. The number of thiazole rings is 1. The van der Waals surface area contributed by atoms with E-state index < -0.39 is 22.0 Å². The maximum absolute atomic E-state index is 12.8. The van der Waals surface area contributed by atoms with Crippen molar-refractivity contribution in [1.82, 2.24) is 4.57 Å². The van der Waals surface area contributed by atoms with Gasteiger partial charge >= 0.3 is 4.87 Å². The fourth-order valence-corrected chi connectivity index (χ4v) is 5.45. The first-order valence-electron chi connectivity index (χ1n) is 9.34. The summed E-state index contributed by atoms with van der Waals surface area (Å²) >= 11 is 1.12. The predicted molar refractivity (Wildman–Crippen MR) is 118 cm³/mol. The maximum Gasteiger partial charge on any atom is 0.308 e. The topological polar surface area (TPSA) is 97.7 Å². The highest BCUT2D eigenvalue weighted by atomic mass is 32.2. The summed E-state index contributed by atoms with van der Waals surface area (Å²) < 4.78 is 33.8. The van der Waals surface area contributed by atoms with Gasteiger partial charge in [-0.3, -0.25) is 18.5 Å². The second-order valence-corrected chi connectivity index (χ2v) is 10.3. The number of ether oxygens (including phenoxy) is 1. The summed E-state index contributed by atoms with van der Waals surface area (Å²) in [5, 5.41) is 2.77. The zero-order valence-electron chi connectivity index (χ0n) is 16.7. The van der Waals surface area contributed by atoms with Crippen molar-refractivity contribution in [3.05, 3.63) is 52.1 Å². The van der Waals surface area contributed by atoms with Crippen LogP contribution in [0.1, 0.15) is 19.9 Å². The molecule has 1 atom stereocenters. The number of nitrogens with zero attached hydrogens (tertiary/aromatic N) is 2. The minimum absolute atomic E-state index is 0.0318. The van der Waals surface area contributed by atoms with E-state index >= 15 is 0 Å². The average Bonchev–Trinajstić information content (AvgIpc) is 3.01. The molecule has 0 fully saturated rings. The van der Waals surface area contributed by atoms with E-state index in [1.54, 1.807) is 47.0 Å². The number of nitrogens with one attached hydrogen (secondary N) is 1. The Kier molecular flexibility index (Phi) is 5.07. The van der Waals surface area contributed by atoms with Gasteiger partial charge in [0.25, 0.3) is 5.91 Å². The molecule has 0 aliphatic carbocycles. The van der Waals surface area contributed by atoms with Gasteiger partial charge in [-0.25, -0.2) is 8.42 Å². The summed E-state index contributed by atoms with van der Waals surface area (Å²) in [4.78, 5) is 25.0. The van der Waals surface area contributed by atoms with E-state index in [9.17, 15) is 18.0 Å². The molecule has 0 spiro atoms. The van der Waals surface area contributed by atoms with Crippen LogP contribution in [0.4, 0.5) is 11.4 Å². The molecule has 2 aromatic carbocycles. The number of benzene rings is 2. The Morgan fingerprint density at radius 3 is 2.67 bits per heavy atom. The number of carbonyl (C=O) groups excluding carboxylic acids is 1. The number of carbonyl (C=O) groups is 1. The van der Waals surface area contributed by atoms with Gasteiger partial charge in [0.2, 0.25) is 10.0 Å². The zero-order chi connectivity index (χ0) is 21.6. The number of rotatable bonds is 4. The van der Waals surface area contributed by atoms with Gasteiger partial charge < -0.3 is 10.1 Å². The van der Waals surface area contributed by atoms with Gasteiger partial charge in [-0.15, -0.1) is 0 Å². The van der Waals surface area contributed by atoms with Crippen LogP contribution in [0.2, 0.25) is 0 Å². The molecule has 0 radical (unpaired) electrons. The Morgan fingerprint density at radius 2 is 1.97 bits per heavy atom. The minimum Gasteiger partial charge on any atom is -0.476 e. The average molecular weight is 448 g/mol. The molecule has 2 heterocycles. The highest BCUT2D eigenvalue weighted by Crippen LogP contribution is 2.35. The molecule has 4 rings (SSSR count). The second kappa shape index (κ2) is 7.44. The van der Waals surface area contributed by atoms with Crippen molar-refractivity contribution in [1.29, 1.82) is 0 Å². The van der Waals surface area contributed by atoms with E-state index in [1.165, 1.54) is 4.31 Å². The van der Waals surface area contributed by atoms with E-state index in [1.807, 2.05) is 13.8 Å². The lowest BCUT2D eigenvalue weighted by atomic mass is 10.2. The van der Waals surface area contributed by atoms with Crippen molar-refractivity contribution >= 4 is 48.9 Å². The van der Waals surface area contributed by atoms with E-state index in [0.717, 1.165) is 27.8 Å². The summed E-state index contributed by atoms with van der Waals surface area (Å²) in [6.45, 7) is 3.76. The normalized spacial score (nSPS) is 16.4. The largest absolute Gasteiger partial charge is 0.476 e. The van der Waals surface area contributed by atoms with Crippen LogP contribution < -0.4 is 19.2 Å². The Labute approximate surface area is 177 Å². The highest BCUT2D eigenvalue weighted by molar-refractivity contribution is 7.92. The molecule has 1 aromatic heterocycles. The van der Waals surface area contributed by atoms with E-state index in [0.29, 0.717) is 17.1 Å². The molecule has 30 heavy (non-hydrogen) atoms. The number of fused-ring (bicyclic) bond motifs is 2. The Balaban J connectivity index is 1.61. The van der Waals surface area contributed by atoms with Crippen LogP contribution in [0.5, 0.6) is 5.75 Å². The highest BCUT2D eigenvalue weighted by Gasteiger charge is 2.34. The first-order chi connectivity index (χ1) is 14.1. The molecule has 10 heteroatoms. The van der Waals surface area contributed by atoms with Crippen molar-refractivity contribution < 1.29 is 17.9 Å². The van der Waals surface area contributed by atoms with Gasteiger partial charge in [0.1, 0.15) is 5.75 Å². The molecular weight excluding hydrogens is 426 g/mol. The van der Waals surface area contributed by atoms with Crippen LogP contribution in [0.25, 0.3) is 10.2 Å². The quantitative estimate of drug-likeness (QED) is 0.663. The summed E-state index contributed by atoms with van der Waals surface area (Å²) in [5.74, 6) is -0.134. The first kappa shape index (κ1) is 20.4. The molecule has 1 aliphatic heterocycles. The van der Waals surface area contributed by atoms with Crippen molar-refractivity contribution in [3.8, 4) is 5.75 Å². The van der Waals surface area contributed by atoms with Crippen molar-refractivity contribution in [2.45, 2.75) is 26.0 Å². The van der Waals surface area contributed by atoms with E-state index in [4.69, 9.17) is 4.74 Å². The molecule has 1 N–H and O–H groups in total. The molecule has 0 bridgehead atoms. The van der Waals surface area contributed by atoms with Crippen LogP contribution >= 0.6 is 11.3 Å². The van der Waals surface area contributed by atoms with Crippen LogP contribution in [-0.2, 0) is 14.8 Å². The number of hydrogen-bond acceptors (Lipinski definition) is 6. The van der Waals surface area contributed by atoms with Crippen LogP contribution in [0.3, 0.4) is 0 Å². The summed E-state index contributed by atoms with van der Waals surface area (Å²) in [5.41, 5.74) is 1.73. The molecule has 8 nitrogen and oxygen atoms in total. The standard InChI is InChI=1S/C20H21N3O5S2/c1-12(2)23-15-9-8-13(10-18(15)29-20(23)25)21-19(24)17-11-22(30(3,26)27)14-6-4-5-7-16(14)28-17/h4-10,12,17H,11H2,1-3H3,(H,21,24). The van der Waals surface area contributed by atoms with Crippen LogP contribution in [0.15, 0.2) is 47.3 Å². The molecule has 1 aliphatic rings. The van der Waals surface area contributed by atoms with Crippen LogP contribution in [0, 0.1) is 0 Å². The number of para-hydroxylation sites is 2. The van der Waals surface area contributed by atoms with E-state index in [-0.39, 0.29) is 17.5 Å². The Hall–Kier alpha value is -2.85. The Bertz CT molecular complexity index is 1290. The predicted octanol–water partition coefficient (Wildman–Crippen LogP) is 2.81. The molecule has 1 amide bonds. The van der Waals surface area contributed by atoms with Crippen molar-refractivity contribution in [3.63, 3.8) is 0 Å². The molecule has 0 saturated heterocycles. The zero-order valence-corrected chi connectivity index (χ0v) is 18.3. The first-order valence-corrected chi connectivity index (χ1v) is 12.0. The summed E-state index contributed by atoms with van der Waals surface area (Å²) in [7, 11) is -3.58. The van der Waals surface area contributed by atoms with Crippen LogP contribution in [-0.4, -0.2) is 37.8 Å². The molecule has 3 aromatic rings. The molecular formula is C20H21N3O5S2. The monoisotopic (exact) mass is 447 g/mol. The fourth-order valence-electron chi connectivity index (χ4n) is 3.48. The number of amides is 1. The second-order valence-electron chi connectivity index (χ2n) is 7.37. The smallest absolute Gasteiger partial charge is 0.308 e.